The summed E-state index contributed by atoms with van der Waals surface area (Å²) >= 11 is 0. The van der Waals surface area contributed by atoms with Crippen LogP contribution in [0.25, 0.3) is 0 Å². The molecule has 2 aromatic rings. The van der Waals surface area contributed by atoms with E-state index in [0.29, 0.717) is 11.5 Å². The molecule has 0 spiro atoms. The highest BCUT2D eigenvalue weighted by Gasteiger charge is 2.18. The predicted molar refractivity (Wildman–Crippen MR) is 80.0 cm³/mol. The molecule has 1 fully saturated rings. The molecule has 3 rings (SSSR count). The first kappa shape index (κ1) is 14.4. The van der Waals surface area contributed by atoms with E-state index in [1.807, 2.05) is 0 Å². The number of hydrogen-bond acceptors (Lipinski definition) is 3. The summed E-state index contributed by atoms with van der Waals surface area (Å²) in [6.45, 7) is 1.79. The van der Waals surface area contributed by atoms with E-state index in [2.05, 4.69) is 15.2 Å². The van der Waals surface area contributed by atoms with Gasteiger partial charge in [0.15, 0.2) is 17.5 Å². The Kier molecular flexibility index (Phi) is 4.00. The van der Waals surface area contributed by atoms with Crippen LogP contribution in [0.3, 0.4) is 0 Å². The Bertz CT molecular complexity index is 700. The summed E-state index contributed by atoms with van der Waals surface area (Å²) in [4.78, 5) is 18.6. The Labute approximate surface area is 126 Å². The summed E-state index contributed by atoms with van der Waals surface area (Å²) in [5.41, 5.74) is 0.634. The van der Waals surface area contributed by atoms with Gasteiger partial charge in [-0.1, -0.05) is 0 Å². The third-order valence-electron chi connectivity index (χ3n) is 3.62. The fraction of sp³-hybridized carbons (Fsp3) is 0.250. The molecule has 2 heterocycles. The number of nitrogens with zero attached hydrogens (tertiary/aromatic N) is 2. The molecule has 1 saturated heterocycles. The fourth-order valence-corrected chi connectivity index (χ4v) is 2.51. The van der Waals surface area contributed by atoms with E-state index in [9.17, 15) is 13.6 Å². The number of anilines is 2. The molecule has 114 valence electrons. The minimum atomic E-state index is -1.04. The molecule has 0 bridgehead atoms. The fourth-order valence-electron chi connectivity index (χ4n) is 2.51. The van der Waals surface area contributed by atoms with Crippen LogP contribution < -0.4 is 10.2 Å². The summed E-state index contributed by atoms with van der Waals surface area (Å²) in [5.74, 6) is -1.81. The number of rotatable bonds is 3. The molecule has 6 heteroatoms. The van der Waals surface area contributed by atoms with Crippen LogP contribution in [0.1, 0.15) is 23.2 Å². The van der Waals surface area contributed by atoms with E-state index in [-0.39, 0.29) is 5.56 Å². The molecule has 22 heavy (non-hydrogen) atoms. The standard InChI is InChI=1S/C16H15F2N3O/c17-12-6-5-11(10-13(12)18)16(22)20-14-4-3-7-19-15(14)21-8-1-2-9-21/h3-7,10H,1-2,8-9H2,(H,20,22). The van der Waals surface area contributed by atoms with Crippen molar-refractivity contribution < 1.29 is 13.6 Å². The maximum Gasteiger partial charge on any atom is 0.255 e. The molecule has 1 aliphatic heterocycles. The minimum absolute atomic E-state index is 0.0649. The number of benzene rings is 1. The lowest BCUT2D eigenvalue weighted by Crippen LogP contribution is -2.22. The highest BCUT2D eigenvalue weighted by molar-refractivity contribution is 6.05. The van der Waals surface area contributed by atoms with Crippen molar-refractivity contribution in [1.29, 1.82) is 0 Å². The lowest BCUT2D eigenvalue weighted by atomic mass is 10.2. The topological polar surface area (TPSA) is 45.2 Å². The van der Waals surface area contributed by atoms with Gasteiger partial charge in [0, 0.05) is 24.8 Å². The molecule has 1 N–H and O–H groups in total. The van der Waals surface area contributed by atoms with Crippen LogP contribution >= 0.6 is 0 Å². The van der Waals surface area contributed by atoms with Gasteiger partial charge in [0.2, 0.25) is 0 Å². The second-order valence-corrected chi connectivity index (χ2v) is 5.15. The highest BCUT2D eigenvalue weighted by atomic mass is 19.2. The Hall–Kier alpha value is -2.50. The molecular weight excluding hydrogens is 288 g/mol. The average Bonchev–Trinajstić information content (AvgIpc) is 3.04. The van der Waals surface area contributed by atoms with Gasteiger partial charge in [0.1, 0.15) is 0 Å². The zero-order valence-corrected chi connectivity index (χ0v) is 11.9. The molecule has 0 saturated carbocycles. The van der Waals surface area contributed by atoms with Gasteiger partial charge in [-0.2, -0.15) is 0 Å². The zero-order chi connectivity index (χ0) is 15.5. The lowest BCUT2D eigenvalue weighted by molar-refractivity contribution is 0.102. The average molecular weight is 303 g/mol. The Morgan fingerprint density at radius 1 is 1.14 bits per heavy atom. The quantitative estimate of drug-likeness (QED) is 0.947. The molecular formula is C16H15F2N3O. The van der Waals surface area contributed by atoms with E-state index in [1.165, 1.54) is 6.07 Å². The van der Waals surface area contributed by atoms with Crippen LogP contribution in [0, 0.1) is 11.6 Å². The van der Waals surface area contributed by atoms with Gasteiger partial charge in [-0.3, -0.25) is 4.79 Å². The van der Waals surface area contributed by atoms with Crippen LogP contribution in [0.4, 0.5) is 20.3 Å². The summed E-state index contributed by atoms with van der Waals surface area (Å²) < 4.78 is 26.2. The van der Waals surface area contributed by atoms with Crippen LogP contribution in [0.2, 0.25) is 0 Å². The highest BCUT2D eigenvalue weighted by Crippen LogP contribution is 2.26. The van der Waals surface area contributed by atoms with Crippen molar-refractivity contribution in [2.45, 2.75) is 12.8 Å². The van der Waals surface area contributed by atoms with Crippen LogP contribution in [-0.4, -0.2) is 24.0 Å². The van der Waals surface area contributed by atoms with Gasteiger partial charge in [0.05, 0.1) is 5.69 Å². The number of aromatic nitrogens is 1. The minimum Gasteiger partial charge on any atom is -0.355 e. The lowest BCUT2D eigenvalue weighted by Gasteiger charge is -2.20. The number of carbonyl (C=O) groups excluding carboxylic acids is 1. The number of amides is 1. The molecule has 1 amide bonds. The number of pyridine rings is 1. The second kappa shape index (κ2) is 6.09. The van der Waals surface area contributed by atoms with Crippen molar-refractivity contribution in [3.8, 4) is 0 Å². The second-order valence-electron chi connectivity index (χ2n) is 5.15. The number of carbonyl (C=O) groups is 1. The van der Waals surface area contributed by atoms with Crippen molar-refractivity contribution in [3.63, 3.8) is 0 Å². The van der Waals surface area contributed by atoms with Crippen molar-refractivity contribution in [1.82, 2.24) is 4.98 Å². The van der Waals surface area contributed by atoms with Crippen LogP contribution in [0.5, 0.6) is 0 Å². The van der Waals surface area contributed by atoms with E-state index >= 15 is 0 Å². The van der Waals surface area contributed by atoms with Gasteiger partial charge < -0.3 is 10.2 Å². The van der Waals surface area contributed by atoms with E-state index in [4.69, 9.17) is 0 Å². The number of halogens is 2. The number of nitrogens with one attached hydrogen (secondary N) is 1. The van der Waals surface area contributed by atoms with Crippen LogP contribution in [-0.2, 0) is 0 Å². The molecule has 1 aliphatic rings. The smallest absolute Gasteiger partial charge is 0.255 e. The van der Waals surface area contributed by atoms with Crippen molar-refractivity contribution in [2.75, 3.05) is 23.3 Å². The Morgan fingerprint density at radius 3 is 2.64 bits per heavy atom. The summed E-state index contributed by atoms with van der Waals surface area (Å²) in [6, 6.07) is 6.55. The monoisotopic (exact) mass is 303 g/mol. The molecule has 1 aromatic carbocycles. The Morgan fingerprint density at radius 2 is 1.91 bits per heavy atom. The summed E-state index contributed by atoms with van der Waals surface area (Å²) in [5, 5.41) is 2.72. The van der Waals surface area contributed by atoms with Crippen molar-refractivity contribution in [2.24, 2.45) is 0 Å². The Balaban J connectivity index is 1.83. The molecule has 0 radical (unpaired) electrons. The maximum atomic E-state index is 13.2. The van der Waals surface area contributed by atoms with Gasteiger partial charge in [0.25, 0.3) is 5.91 Å². The largest absolute Gasteiger partial charge is 0.355 e. The first-order chi connectivity index (χ1) is 10.6. The summed E-state index contributed by atoms with van der Waals surface area (Å²) in [7, 11) is 0. The van der Waals surface area contributed by atoms with Gasteiger partial charge in [-0.05, 0) is 43.2 Å². The van der Waals surface area contributed by atoms with Gasteiger partial charge in [-0.25, -0.2) is 13.8 Å². The zero-order valence-electron chi connectivity index (χ0n) is 11.9. The first-order valence-corrected chi connectivity index (χ1v) is 7.11. The SMILES string of the molecule is O=C(Nc1cccnc1N1CCCC1)c1ccc(F)c(F)c1. The van der Waals surface area contributed by atoms with Crippen molar-refractivity contribution >= 4 is 17.4 Å². The molecule has 0 atom stereocenters. The molecule has 0 unspecified atom stereocenters. The predicted octanol–water partition coefficient (Wildman–Crippen LogP) is 3.21. The maximum absolute atomic E-state index is 13.2. The van der Waals surface area contributed by atoms with E-state index in [1.54, 1.807) is 18.3 Å². The van der Waals surface area contributed by atoms with E-state index in [0.717, 1.165) is 38.1 Å². The van der Waals surface area contributed by atoms with Gasteiger partial charge >= 0.3 is 0 Å². The normalized spacial score (nSPS) is 14.2. The van der Waals surface area contributed by atoms with Crippen molar-refractivity contribution in [3.05, 3.63) is 53.7 Å². The first-order valence-electron chi connectivity index (χ1n) is 7.11. The molecule has 1 aromatic heterocycles. The van der Waals surface area contributed by atoms with Gasteiger partial charge in [-0.15, -0.1) is 0 Å². The third-order valence-corrected chi connectivity index (χ3v) is 3.62. The molecule has 0 aliphatic carbocycles. The third kappa shape index (κ3) is 2.90. The molecule has 4 nitrogen and oxygen atoms in total. The number of hydrogen-bond donors (Lipinski definition) is 1. The van der Waals surface area contributed by atoms with Crippen LogP contribution in [0.15, 0.2) is 36.5 Å². The summed E-state index contributed by atoms with van der Waals surface area (Å²) in [6.07, 6.45) is 3.85. The van der Waals surface area contributed by atoms with E-state index < -0.39 is 17.5 Å².